The van der Waals surface area contributed by atoms with E-state index in [0.29, 0.717) is 6.04 Å². The van der Waals surface area contributed by atoms with Crippen LogP contribution in [0.2, 0.25) is 0 Å². The summed E-state index contributed by atoms with van der Waals surface area (Å²) in [6.07, 6.45) is 8.07. The molecule has 1 atom stereocenters. The van der Waals surface area contributed by atoms with E-state index >= 15 is 0 Å². The van der Waals surface area contributed by atoms with Gasteiger partial charge in [-0.15, -0.1) is 0 Å². The first-order chi connectivity index (χ1) is 10.8. The van der Waals surface area contributed by atoms with Crippen LogP contribution in [0, 0.1) is 6.92 Å². The van der Waals surface area contributed by atoms with Crippen LogP contribution < -0.4 is 4.90 Å². The Morgan fingerprint density at radius 1 is 1.23 bits per heavy atom. The predicted octanol–water partition coefficient (Wildman–Crippen LogP) is 2.80. The summed E-state index contributed by atoms with van der Waals surface area (Å²) in [6.45, 7) is 4.03. The second-order valence-corrected chi connectivity index (χ2v) is 5.94. The fourth-order valence-corrected chi connectivity index (χ4v) is 3.31. The smallest absolute Gasteiger partial charge is 0.140 e. The maximum Gasteiger partial charge on any atom is 0.140 e. The van der Waals surface area contributed by atoms with E-state index in [4.69, 9.17) is 0 Å². The summed E-state index contributed by atoms with van der Waals surface area (Å²) in [5, 5.41) is 5.56. The third kappa shape index (κ3) is 2.32. The van der Waals surface area contributed by atoms with Gasteiger partial charge in [0, 0.05) is 18.1 Å². The molecule has 1 aromatic carbocycles. The molecular formula is C17H19N5. The molecule has 3 heterocycles. The fraction of sp³-hybridized carbons (Fsp3) is 0.353. The summed E-state index contributed by atoms with van der Waals surface area (Å²) in [4.78, 5) is 11.4. The van der Waals surface area contributed by atoms with E-state index in [1.54, 1.807) is 6.33 Å². The number of anilines is 1. The van der Waals surface area contributed by atoms with Gasteiger partial charge in [-0.05, 0) is 37.5 Å². The molecule has 0 bridgehead atoms. The molecule has 1 aliphatic heterocycles. The standard InChI is InChI=1S/C17H19N5/c1-13-9-20-21(10-13)11-14-5-4-8-22(14)17-15-6-2-3-7-16(15)18-12-19-17/h2-3,6-7,9-10,12,14H,4-5,8,11H2,1H3/t14-/m1/s1. The molecule has 0 radical (unpaired) electrons. The second-order valence-electron chi connectivity index (χ2n) is 5.94. The number of aromatic nitrogens is 4. The van der Waals surface area contributed by atoms with Crippen molar-refractivity contribution >= 4 is 16.7 Å². The maximum absolute atomic E-state index is 4.57. The van der Waals surface area contributed by atoms with Crippen LogP contribution in [-0.2, 0) is 6.54 Å². The zero-order valence-corrected chi connectivity index (χ0v) is 12.7. The molecule has 22 heavy (non-hydrogen) atoms. The minimum atomic E-state index is 0.442. The van der Waals surface area contributed by atoms with Gasteiger partial charge in [-0.2, -0.15) is 5.10 Å². The lowest BCUT2D eigenvalue weighted by molar-refractivity contribution is 0.507. The summed E-state index contributed by atoms with van der Waals surface area (Å²) in [7, 11) is 0. The average Bonchev–Trinajstić information content (AvgIpc) is 3.16. The molecule has 4 rings (SSSR count). The van der Waals surface area contributed by atoms with Gasteiger partial charge in [-0.3, -0.25) is 4.68 Å². The first-order valence-corrected chi connectivity index (χ1v) is 7.77. The van der Waals surface area contributed by atoms with Gasteiger partial charge in [-0.25, -0.2) is 9.97 Å². The summed E-state index contributed by atoms with van der Waals surface area (Å²) >= 11 is 0. The van der Waals surface area contributed by atoms with Crippen LogP contribution in [0.4, 0.5) is 5.82 Å². The molecule has 1 fully saturated rings. The largest absolute Gasteiger partial charge is 0.351 e. The predicted molar refractivity (Wildman–Crippen MR) is 86.9 cm³/mol. The fourth-order valence-electron chi connectivity index (χ4n) is 3.31. The number of benzene rings is 1. The van der Waals surface area contributed by atoms with Gasteiger partial charge < -0.3 is 4.90 Å². The SMILES string of the molecule is Cc1cnn(C[C@H]2CCCN2c2ncnc3ccccc23)c1. The van der Waals surface area contributed by atoms with Crippen LogP contribution >= 0.6 is 0 Å². The van der Waals surface area contributed by atoms with Crippen molar-refractivity contribution in [2.75, 3.05) is 11.4 Å². The third-order valence-electron chi connectivity index (χ3n) is 4.33. The van der Waals surface area contributed by atoms with Crippen LogP contribution in [-0.4, -0.2) is 32.3 Å². The summed E-state index contributed by atoms with van der Waals surface area (Å²) in [5.74, 6) is 1.05. The lowest BCUT2D eigenvalue weighted by Crippen LogP contribution is -2.33. The van der Waals surface area contributed by atoms with E-state index in [9.17, 15) is 0 Å². The normalized spacial score (nSPS) is 18.2. The zero-order chi connectivity index (χ0) is 14.9. The highest BCUT2D eigenvalue weighted by molar-refractivity contribution is 5.89. The minimum absolute atomic E-state index is 0.442. The van der Waals surface area contributed by atoms with Crippen LogP contribution in [0.1, 0.15) is 18.4 Å². The number of hydrogen-bond donors (Lipinski definition) is 0. The molecule has 1 aliphatic rings. The van der Waals surface area contributed by atoms with Crippen molar-refractivity contribution in [2.45, 2.75) is 32.4 Å². The van der Waals surface area contributed by atoms with Crippen LogP contribution in [0.25, 0.3) is 10.9 Å². The molecule has 0 spiro atoms. The van der Waals surface area contributed by atoms with Gasteiger partial charge in [0.15, 0.2) is 0 Å². The Balaban J connectivity index is 1.67. The monoisotopic (exact) mass is 293 g/mol. The van der Waals surface area contributed by atoms with Gasteiger partial charge in [0.05, 0.1) is 24.3 Å². The number of nitrogens with zero attached hydrogens (tertiary/aromatic N) is 5. The van der Waals surface area contributed by atoms with E-state index in [0.717, 1.165) is 29.8 Å². The van der Waals surface area contributed by atoms with Crippen molar-refractivity contribution in [3.8, 4) is 0 Å². The topological polar surface area (TPSA) is 46.8 Å². The van der Waals surface area contributed by atoms with Crippen LogP contribution in [0.15, 0.2) is 43.0 Å². The molecule has 112 valence electrons. The lowest BCUT2D eigenvalue weighted by atomic mass is 10.2. The number of aryl methyl sites for hydroxylation is 1. The van der Waals surface area contributed by atoms with Crippen LogP contribution in [0.5, 0.6) is 0 Å². The molecule has 0 aliphatic carbocycles. The van der Waals surface area contributed by atoms with E-state index in [-0.39, 0.29) is 0 Å². The summed E-state index contributed by atoms with van der Waals surface area (Å²) < 4.78 is 2.04. The number of rotatable bonds is 3. The van der Waals surface area contributed by atoms with Gasteiger partial charge in [0.1, 0.15) is 12.1 Å². The molecule has 0 unspecified atom stereocenters. The quantitative estimate of drug-likeness (QED) is 0.745. The molecule has 0 N–H and O–H groups in total. The highest BCUT2D eigenvalue weighted by atomic mass is 15.3. The van der Waals surface area contributed by atoms with Gasteiger partial charge in [0.25, 0.3) is 0 Å². The van der Waals surface area contributed by atoms with E-state index in [2.05, 4.69) is 45.2 Å². The van der Waals surface area contributed by atoms with Gasteiger partial charge >= 0.3 is 0 Å². The number of hydrogen-bond acceptors (Lipinski definition) is 4. The maximum atomic E-state index is 4.57. The van der Waals surface area contributed by atoms with Gasteiger partial charge in [-0.1, -0.05) is 12.1 Å². The molecule has 1 saturated heterocycles. The average molecular weight is 293 g/mol. The van der Waals surface area contributed by atoms with Crippen molar-refractivity contribution in [1.29, 1.82) is 0 Å². The first-order valence-electron chi connectivity index (χ1n) is 7.77. The molecule has 5 nitrogen and oxygen atoms in total. The molecule has 0 saturated carbocycles. The van der Waals surface area contributed by atoms with Crippen molar-refractivity contribution in [2.24, 2.45) is 0 Å². The Bertz CT molecular complexity index is 789. The third-order valence-corrected chi connectivity index (χ3v) is 4.33. The highest BCUT2D eigenvalue weighted by Gasteiger charge is 2.27. The van der Waals surface area contributed by atoms with Gasteiger partial charge in [0.2, 0.25) is 0 Å². The first kappa shape index (κ1) is 13.2. The Labute approximate surface area is 129 Å². The van der Waals surface area contributed by atoms with E-state index < -0.39 is 0 Å². The minimum Gasteiger partial charge on any atom is -0.351 e. The molecule has 3 aromatic rings. The second kappa shape index (κ2) is 5.40. The molecule has 0 amide bonds. The number of para-hydroxylation sites is 1. The Kier molecular flexibility index (Phi) is 3.25. The van der Waals surface area contributed by atoms with E-state index in [1.807, 2.05) is 23.0 Å². The number of fused-ring (bicyclic) bond motifs is 1. The molecular weight excluding hydrogens is 274 g/mol. The zero-order valence-electron chi connectivity index (χ0n) is 12.7. The Morgan fingerprint density at radius 2 is 2.14 bits per heavy atom. The van der Waals surface area contributed by atoms with Crippen molar-refractivity contribution in [3.63, 3.8) is 0 Å². The summed E-state index contributed by atoms with van der Waals surface area (Å²) in [6, 6.07) is 8.67. The summed E-state index contributed by atoms with van der Waals surface area (Å²) in [5.41, 5.74) is 2.21. The highest BCUT2D eigenvalue weighted by Crippen LogP contribution is 2.29. The Hall–Kier alpha value is -2.43. The molecule has 2 aromatic heterocycles. The Morgan fingerprint density at radius 3 is 3.00 bits per heavy atom. The lowest BCUT2D eigenvalue weighted by Gasteiger charge is -2.26. The van der Waals surface area contributed by atoms with Crippen molar-refractivity contribution in [1.82, 2.24) is 19.7 Å². The van der Waals surface area contributed by atoms with E-state index in [1.165, 1.54) is 18.4 Å². The van der Waals surface area contributed by atoms with Crippen LogP contribution in [0.3, 0.4) is 0 Å². The van der Waals surface area contributed by atoms with Crippen molar-refractivity contribution in [3.05, 3.63) is 48.5 Å². The molecule has 5 heteroatoms. The van der Waals surface area contributed by atoms with Crippen molar-refractivity contribution < 1.29 is 0 Å².